The third-order valence-electron chi connectivity index (χ3n) is 5.22. The minimum atomic E-state index is -0.371. The van der Waals surface area contributed by atoms with Gasteiger partial charge in [0.2, 0.25) is 5.91 Å². The summed E-state index contributed by atoms with van der Waals surface area (Å²) in [4.78, 5) is 27.0. The molecule has 0 aliphatic carbocycles. The summed E-state index contributed by atoms with van der Waals surface area (Å²) in [6.07, 6.45) is 2.80. The van der Waals surface area contributed by atoms with E-state index in [2.05, 4.69) is 5.32 Å². The van der Waals surface area contributed by atoms with E-state index in [-0.39, 0.29) is 17.6 Å². The van der Waals surface area contributed by atoms with Crippen LogP contribution in [0, 0.1) is 6.92 Å². The van der Waals surface area contributed by atoms with E-state index in [9.17, 15) is 9.59 Å². The van der Waals surface area contributed by atoms with Crippen molar-refractivity contribution in [3.8, 4) is 5.75 Å². The van der Waals surface area contributed by atoms with Gasteiger partial charge < -0.3 is 19.4 Å². The fourth-order valence-corrected chi connectivity index (χ4v) is 3.78. The van der Waals surface area contributed by atoms with Gasteiger partial charge in [-0.1, -0.05) is 0 Å². The lowest BCUT2D eigenvalue weighted by atomic mass is 10.0. The molecule has 6 nitrogen and oxygen atoms in total. The summed E-state index contributed by atoms with van der Waals surface area (Å²) in [5.74, 6) is 0.754. The first-order valence-electron chi connectivity index (χ1n) is 9.09. The quantitative estimate of drug-likeness (QED) is 0.802. The second kappa shape index (κ2) is 7.91. The Labute approximate surface area is 153 Å². The van der Waals surface area contributed by atoms with Gasteiger partial charge in [0.25, 0.3) is 0 Å². The number of carbonyl (C=O) groups is 1. The number of methoxy groups -OCH3 is 1. The molecule has 140 valence electrons. The van der Waals surface area contributed by atoms with E-state index in [0.717, 1.165) is 36.9 Å². The van der Waals surface area contributed by atoms with E-state index in [1.54, 1.807) is 13.2 Å². The molecule has 1 fully saturated rings. The standard InChI is InChI=1S/C20H26N2O4/c1-13-16-7-6-15(25-3)11-18(16)26-20(24)17(13)8-9-19(23)22-10-4-5-14(22)12-21-2/h6-7,11,14,21H,4-5,8-10,12H2,1-3H3. The van der Waals surface area contributed by atoms with Crippen molar-refractivity contribution in [3.63, 3.8) is 0 Å². The summed E-state index contributed by atoms with van der Waals surface area (Å²) in [6.45, 7) is 3.52. The molecule has 1 unspecified atom stereocenters. The Kier molecular flexibility index (Phi) is 5.61. The zero-order valence-corrected chi connectivity index (χ0v) is 15.6. The predicted octanol–water partition coefficient (Wildman–Crippen LogP) is 2.25. The average Bonchev–Trinajstić information content (AvgIpc) is 3.09. The van der Waals surface area contributed by atoms with Crippen molar-refractivity contribution in [2.45, 2.75) is 38.6 Å². The van der Waals surface area contributed by atoms with Crippen LogP contribution in [0.2, 0.25) is 0 Å². The van der Waals surface area contributed by atoms with Crippen molar-refractivity contribution < 1.29 is 13.9 Å². The maximum atomic E-state index is 12.6. The minimum absolute atomic E-state index is 0.108. The molecule has 1 aromatic carbocycles. The third-order valence-corrected chi connectivity index (χ3v) is 5.22. The summed E-state index contributed by atoms with van der Waals surface area (Å²) in [6, 6.07) is 5.71. The van der Waals surface area contributed by atoms with Gasteiger partial charge in [-0.2, -0.15) is 0 Å². The zero-order chi connectivity index (χ0) is 18.7. The molecule has 0 saturated carbocycles. The van der Waals surface area contributed by atoms with Crippen LogP contribution < -0.4 is 15.7 Å². The van der Waals surface area contributed by atoms with Crippen LogP contribution in [0.5, 0.6) is 5.75 Å². The number of rotatable bonds is 6. The Morgan fingerprint density at radius 3 is 2.96 bits per heavy atom. The molecular weight excluding hydrogens is 332 g/mol. The number of likely N-dealkylation sites (tertiary alicyclic amines) is 1. The molecule has 26 heavy (non-hydrogen) atoms. The Balaban J connectivity index is 1.78. The molecule has 3 rings (SSSR count). The first kappa shape index (κ1) is 18.5. The highest BCUT2D eigenvalue weighted by Gasteiger charge is 2.28. The van der Waals surface area contributed by atoms with Crippen LogP contribution in [-0.2, 0) is 11.2 Å². The molecule has 1 N–H and O–H groups in total. The number of amides is 1. The van der Waals surface area contributed by atoms with Gasteiger partial charge in [0, 0.05) is 42.6 Å². The monoisotopic (exact) mass is 358 g/mol. The number of fused-ring (bicyclic) bond motifs is 1. The van der Waals surface area contributed by atoms with Crippen molar-refractivity contribution in [3.05, 3.63) is 39.7 Å². The molecule has 1 atom stereocenters. The number of hydrogen-bond donors (Lipinski definition) is 1. The fourth-order valence-electron chi connectivity index (χ4n) is 3.78. The van der Waals surface area contributed by atoms with E-state index in [1.165, 1.54) is 0 Å². The van der Waals surface area contributed by atoms with Gasteiger partial charge in [0.1, 0.15) is 11.3 Å². The number of hydrogen-bond acceptors (Lipinski definition) is 5. The molecule has 1 aliphatic heterocycles. The minimum Gasteiger partial charge on any atom is -0.497 e. The maximum Gasteiger partial charge on any atom is 0.339 e. The van der Waals surface area contributed by atoms with Gasteiger partial charge >= 0.3 is 5.63 Å². The average molecular weight is 358 g/mol. The molecule has 0 spiro atoms. The Morgan fingerprint density at radius 1 is 1.42 bits per heavy atom. The van der Waals surface area contributed by atoms with Crippen molar-refractivity contribution in [1.29, 1.82) is 0 Å². The number of nitrogens with one attached hydrogen (secondary N) is 1. The number of likely N-dealkylation sites (N-methyl/N-ethyl adjacent to an activating group) is 1. The molecule has 1 saturated heterocycles. The molecule has 1 amide bonds. The SMILES string of the molecule is CNCC1CCCN1C(=O)CCc1c(C)c2ccc(OC)cc2oc1=O. The van der Waals surface area contributed by atoms with E-state index in [0.29, 0.717) is 29.7 Å². The molecule has 6 heteroatoms. The molecule has 0 bridgehead atoms. The Bertz CT molecular complexity index is 859. The molecule has 0 radical (unpaired) electrons. The van der Waals surface area contributed by atoms with Gasteiger partial charge in [-0.15, -0.1) is 0 Å². The first-order valence-corrected chi connectivity index (χ1v) is 9.09. The zero-order valence-electron chi connectivity index (χ0n) is 15.6. The van der Waals surface area contributed by atoms with Crippen LogP contribution in [0.4, 0.5) is 0 Å². The van der Waals surface area contributed by atoms with Gasteiger partial charge in [-0.05, 0) is 50.9 Å². The first-order chi connectivity index (χ1) is 12.5. The number of benzene rings is 1. The lowest BCUT2D eigenvalue weighted by Crippen LogP contribution is -2.41. The van der Waals surface area contributed by atoms with Crippen LogP contribution in [-0.4, -0.2) is 44.1 Å². The second-order valence-electron chi connectivity index (χ2n) is 6.80. The number of nitrogens with zero attached hydrogens (tertiary/aromatic N) is 1. The topological polar surface area (TPSA) is 71.8 Å². The highest BCUT2D eigenvalue weighted by Crippen LogP contribution is 2.25. The van der Waals surface area contributed by atoms with Gasteiger partial charge in [-0.25, -0.2) is 4.79 Å². The largest absolute Gasteiger partial charge is 0.497 e. The smallest absolute Gasteiger partial charge is 0.339 e. The summed E-state index contributed by atoms with van der Waals surface area (Å²) in [7, 11) is 3.48. The van der Waals surface area contributed by atoms with E-state index < -0.39 is 0 Å². The van der Waals surface area contributed by atoms with E-state index in [1.807, 2.05) is 31.0 Å². The van der Waals surface area contributed by atoms with Crippen molar-refractivity contribution in [1.82, 2.24) is 10.2 Å². The summed E-state index contributed by atoms with van der Waals surface area (Å²) >= 11 is 0. The van der Waals surface area contributed by atoms with E-state index >= 15 is 0 Å². The second-order valence-corrected chi connectivity index (χ2v) is 6.80. The molecule has 1 aliphatic rings. The van der Waals surface area contributed by atoms with Gasteiger partial charge in [0.15, 0.2) is 0 Å². The van der Waals surface area contributed by atoms with E-state index in [4.69, 9.17) is 9.15 Å². The van der Waals surface area contributed by atoms with Crippen LogP contribution in [0.3, 0.4) is 0 Å². The van der Waals surface area contributed by atoms with Crippen molar-refractivity contribution >= 4 is 16.9 Å². The normalized spacial score (nSPS) is 17.0. The van der Waals surface area contributed by atoms with Crippen LogP contribution >= 0.6 is 0 Å². The van der Waals surface area contributed by atoms with Crippen LogP contribution in [0.15, 0.2) is 27.4 Å². The van der Waals surface area contributed by atoms with Crippen molar-refractivity contribution in [2.24, 2.45) is 0 Å². The maximum absolute atomic E-state index is 12.6. The summed E-state index contributed by atoms with van der Waals surface area (Å²) < 4.78 is 10.6. The lowest BCUT2D eigenvalue weighted by Gasteiger charge is -2.24. The Hall–Kier alpha value is -2.34. The highest BCUT2D eigenvalue weighted by molar-refractivity contribution is 5.83. The van der Waals surface area contributed by atoms with Crippen molar-refractivity contribution in [2.75, 3.05) is 27.2 Å². The molecule has 2 aromatic rings. The molecule has 1 aromatic heterocycles. The summed E-state index contributed by atoms with van der Waals surface area (Å²) in [5.41, 5.74) is 1.60. The highest BCUT2D eigenvalue weighted by atomic mass is 16.5. The van der Waals surface area contributed by atoms with Crippen LogP contribution in [0.1, 0.15) is 30.4 Å². The van der Waals surface area contributed by atoms with Crippen LogP contribution in [0.25, 0.3) is 11.0 Å². The summed E-state index contributed by atoms with van der Waals surface area (Å²) in [5, 5.41) is 4.02. The predicted molar refractivity (Wildman–Crippen MR) is 101 cm³/mol. The molecule has 2 heterocycles. The third kappa shape index (κ3) is 3.60. The van der Waals surface area contributed by atoms with Gasteiger partial charge in [-0.3, -0.25) is 4.79 Å². The number of aryl methyl sites for hydroxylation is 1. The molecular formula is C20H26N2O4. The lowest BCUT2D eigenvalue weighted by molar-refractivity contribution is -0.131. The van der Waals surface area contributed by atoms with Gasteiger partial charge in [0.05, 0.1) is 7.11 Å². The Morgan fingerprint density at radius 2 is 2.23 bits per heavy atom. The number of ether oxygens (including phenoxy) is 1. The fraction of sp³-hybridized carbons (Fsp3) is 0.500. The number of carbonyl (C=O) groups excluding carboxylic acids is 1.